The molecule has 2 heterocycles. The largest absolute Gasteiger partial charge is 0.462 e. The second-order valence-electron chi connectivity index (χ2n) is 7.91. The minimum atomic E-state index is -1.52. The minimum absolute atomic E-state index is 0.0933. The van der Waals surface area contributed by atoms with Crippen LogP contribution in [0.25, 0.3) is 0 Å². The lowest BCUT2D eigenvalue weighted by Gasteiger charge is -2.40. The second-order valence-corrected chi connectivity index (χ2v) is 7.91. The summed E-state index contributed by atoms with van der Waals surface area (Å²) in [5, 5.41) is 39.3. The Bertz CT molecular complexity index is 931. The van der Waals surface area contributed by atoms with Gasteiger partial charge >= 0.3 is 0 Å². The lowest BCUT2D eigenvalue weighted by Crippen LogP contribution is -2.60. The average molecular weight is 401 g/mol. The van der Waals surface area contributed by atoms with Gasteiger partial charge in [0.15, 0.2) is 5.78 Å². The van der Waals surface area contributed by atoms with Gasteiger partial charge in [0, 0.05) is 5.41 Å². The van der Waals surface area contributed by atoms with Gasteiger partial charge < -0.3 is 29.9 Å². The molecule has 1 saturated heterocycles. The molecule has 2 aliphatic heterocycles. The van der Waals surface area contributed by atoms with E-state index in [2.05, 4.69) is 4.99 Å². The van der Waals surface area contributed by atoms with E-state index < -0.39 is 42.7 Å². The summed E-state index contributed by atoms with van der Waals surface area (Å²) in [7, 11) is 0. The van der Waals surface area contributed by atoms with Crippen LogP contribution >= 0.6 is 0 Å². The fourth-order valence-electron chi connectivity index (χ4n) is 3.87. The van der Waals surface area contributed by atoms with E-state index in [-0.39, 0.29) is 5.78 Å². The minimum Gasteiger partial charge on any atom is -0.462 e. The molecule has 8 nitrogen and oxygen atoms in total. The molecule has 0 saturated carbocycles. The molecule has 4 rings (SSSR count). The van der Waals surface area contributed by atoms with Gasteiger partial charge in [-0.1, -0.05) is 13.8 Å². The lowest BCUT2D eigenvalue weighted by atomic mass is 9.71. The molecule has 0 amide bonds. The molecule has 0 spiro atoms. The maximum absolute atomic E-state index is 11.8. The van der Waals surface area contributed by atoms with Crippen LogP contribution in [0.15, 0.2) is 47.0 Å². The van der Waals surface area contributed by atoms with Gasteiger partial charge in [0.2, 0.25) is 6.29 Å². The number of rotatable bonds is 3. The molecule has 4 N–H and O–H groups in total. The normalized spacial score (nSPS) is 32.8. The molecule has 0 unspecified atom stereocenters. The zero-order chi connectivity index (χ0) is 20.9. The number of aliphatic imine (C=N–C) groups is 1. The molecule has 1 fully saturated rings. The van der Waals surface area contributed by atoms with Crippen molar-refractivity contribution in [3.05, 3.63) is 47.6 Å². The van der Waals surface area contributed by atoms with Gasteiger partial charge in [0.25, 0.3) is 0 Å². The highest BCUT2D eigenvalue weighted by atomic mass is 16.7. The van der Waals surface area contributed by atoms with E-state index in [4.69, 9.17) is 9.47 Å². The van der Waals surface area contributed by atoms with Crippen LogP contribution in [0.2, 0.25) is 0 Å². The molecule has 154 valence electrons. The van der Waals surface area contributed by atoms with Gasteiger partial charge in [-0.15, -0.1) is 0 Å². The maximum atomic E-state index is 11.8. The quantitative estimate of drug-likeness (QED) is 0.536. The first kappa shape index (κ1) is 19.9. The molecule has 1 aromatic carbocycles. The summed E-state index contributed by atoms with van der Waals surface area (Å²) in [4.78, 5) is 16.5. The Hall–Kier alpha value is -2.36. The van der Waals surface area contributed by atoms with Crippen molar-refractivity contribution in [1.82, 2.24) is 0 Å². The summed E-state index contributed by atoms with van der Waals surface area (Å²) >= 11 is 0. The van der Waals surface area contributed by atoms with Gasteiger partial charge in [0.05, 0.1) is 18.0 Å². The third kappa shape index (κ3) is 3.33. The zero-order valence-electron chi connectivity index (χ0n) is 16.0. The van der Waals surface area contributed by atoms with Crippen LogP contribution in [0.1, 0.15) is 19.4 Å². The third-order valence-corrected chi connectivity index (χ3v) is 5.62. The Balaban J connectivity index is 1.65. The molecule has 1 aromatic rings. The summed E-state index contributed by atoms with van der Waals surface area (Å²) in [6.07, 6.45) is -2.01. The predicted molar refractivity (Wildman–Crippen MR) is 103 cm³/mol. The van der Waals surface area contributed by atoms with E-state index in [0.29, 0.717) is 5.75 Å². The number of nitrogens with zero attached hydrogens (tertiary/aromatic N) is 1. The highest BCUT2D eigenvalue weighted by Gasteiger charge is 2.45. The van der Waals surface area contributed by atoms with E-state index in [0.717, 1.165) is 22.5 Å². The summed E-state index contributed by atoms with van der Waals surface area (Å²) in [5.74, 6) is 0.266. The number of hydrogen-bond donors (Lipinski definition) is 4. The van der Waals surface area contributed by atoms with Crippen molar-refractivity contribution in [1.29, 1.82) is 0 Å². The van der Waals surface area contributed by atoms with Gasteiger partial charge in [-0.05, 0) is 47.6 Å². The first-order chi connectivity index (χ1) is 13.7. The SMILES string of the molecule is CC1(C)C2=CC(=O)C=CC2=Nc2ccc(O[C@@H]3O[C@H](CO)[C@H](O)[C@H](O)[C@H]3O)cc21. The topological polar surface area (TPSA) is 129 Å². The van der Waals surface area contributed by atoms with Crippen LogP contribution in [-0.4, -0.2) is 69.2 Å². The number of allylic oxidation sites excluding steroid dienone is 4. The number of hydrogen-bond acceptors (Lipinski definition) is 8. The number of carbonyl (C=O) groups is 1. The van der Waals surface area contributed by atoms with Crippen LogP contribution in [0.4, 0.5) is 5.69 Å². The summed E-state index contributed by atoms with van der Waals surface area (Å²) < 4.78 is 11.1. The van der Waals surface area contributed by atoms with Gasteiger partial charge in [-0.3, -0.25) is 4.79 Å². The van der Waals surface area contributed by atoms with Crippen molar-refractivity contribution in [3.63, 3.8) is 0 Å². The van der Waals surface area contributed by atoms with Crippen molar-refractivity contribution in [2.75, 3.05) is 6.61 Å². The number of carbonyl (C=O) groups excluding carboxylic acids is 1. The molecular weight excluding hydrogens is 378 g/mol. The molecule has 0 aromatic heterocycles. The van der Waals surface area contributed by atoms with Gasteiger partial charge in [0.1, 0.15) is 30.2 Å². The van der Waals surface area contributed by atoms with E-state index in [1.165, 1.54) is 6.08 Å². The van der Waals surface area contributed by atoms with Crippen LogP contribution in [0, 0.1) is 0 Å². The van der Waals surface area contributed by atoms with Crippen molar-refractivity contribution >= 4 is 17.2 Å². The number of ketones is 1. The highest BCUT2D eigenvalue weighted by Crippen LogP contribution is 2.45. The first-order valence-corrected chi connectivity index (χ1v) is 9.37. The monoisotopic (exact) mass is 401 g/mol. The van der Waals surface area contributed by atoms with Crippen LogP contribution in [-0.2, 0) is 14.9 Å². The maximum Gasteiger partial charge on any atom is 0.229 e. The number of benzene rings is 1. The highest BCUT2D eigenvalue weighted by molar-refractivity contribution is 6.22. The first-order valence-electron chi connectivity index (χ1n) is 9.37. The van der Waals surface area contributed by atoms with Crippen molar-refractivity contribution < 1.29 is 34.7 Å². The number of fused-ring (bicyclic) bond motifs is 2. The van der Waals surface area contributed by atoms with Crippen LogP contribution < -0.4 is 4.74 Å². The summed E-state index contributed by atoms with van der Waals surface area (Å²) in [6.45, 7) is 3.43. The smallest absolute Gasteiger partial charge is 0.229 e. The predicted octanol–water partition coefficient (Wildman–Crippen LogP) is 0.294. The molecule has 5 atom stereocenters. The number of ether oxygens (including phenoxy) is 2. The Morgan fingerprint density at radius 3 is 2.62 bits per heavy atom. The Labute approximate surface area is 167 Å². The van der Waals surface area contributed by atoms with Crippen molar-refractivity contribution in [2.24, 2.45) is 4.99 Å². The van der Waals surface area contributed by atoms with Gasteiger partial charge in [-0.2, -0.15) is 0 Å². The number of aliphatic hydroxyl groups excluding tert-OH is 4. The molecule has 29 heavy (non-hydrogen) atoms. The molecule has 8 heteroatoms. The van der Waals surface area contributed by atoms with E-state index >= 15 is 0 Å². The zero-order valence-corrected chi connectivity index (χ0v) is 16.0. The fraction of sp³-hybridized carbons (Fsp3) is 0.429. The molecular formula is C21H23NO7. The van der Waals surface area contributed by atoms with Crippen LogP contribution in [0.5, 0.6) is 5.75 Å². The van der Waals surface area contributed by atoms with Crippen molar-refractivity contribution in [2.45, 2.75) is 50.0 Å². The lowest BCUT2D eigenvalue weighted by molar-refractivity contribution is -0.277. The van der Waals surface area contributed by atoms with Crippen LogP contribution in [0.3, 0.4) is 0 Å². The van der Waals surface area contributed by atoms with E-state index in [1.807, 2.05) is 13.8 Å². The standard InChI is InChI=1S/C21H23NO7/c1-21(2)12-7-10(24)3-5-14(12)22-15-6-4-11(8-13(15)21)28-20-19(27)18(26)17(25)16(9-23)29-20/h3-8,16-20,23,25-27H,9H2,1-2H3/t16-,17+,18+,19-,20-/m1/s1. The van der Waals surface area contributed by atoms with E-state index in [9.17, 15) is 25.2 Å². The van der Waals surface area contributed by atoms with E-state index in [1.54, 1.807) is 30.4 Å². The molecule has 0 radical (unpaired) electrons. The molecule has 0 bridgehead atoms. The summed E-state index contributed by atoms with van der Waals surface area (Å²) in [6, 6.07) is 5.18. The second kappa shape index (κ2) is 7.16. The van der Waals surface area contributed by atoms with Gasteiger partial charge in [-0.25, -0.2) is 4.99 Å². The molecule has 3 aliphatic rings. The number of aliphatic hydroxyl groups is 4. The third-order valence-electron chi connectivity index (χ3n) is 5.62. The summed E-state index contributed by atoms with van der Waals surface area (Å²) in [5.41, 5.74) is 2.61. The molecule has 1 aliphatic carbocycles. The Morgan fingerprint density at radius 2 is 1.90 bits per heavy atom. The van der Waals surface area contributed by atoms with Crippen molar-refractivity contribution in [3.8, 4) is 5.75 Å². The average Bonchev–Trinajstić information content (AvgIpc) is 2.70. The Kier molecular flexibility index (Phi) is 4.92. The fourth-order valence-corrected chi connectivity index (χ4v) is 3.87. The Morgan fingerprint density at radius 1 is 1.14 bits per heavy atom.